The van der Waals surface area contributed by atoms with Crippen LogP contribution < -0.4 is 5.32 Å². The molecule has 4 nitrogen and oxygen atoms in total. The molecule has 0 unspecified atom stereocenters. The highest BCUT2D eigenvalue weighted by Crippen LogP contribution is 2.14. The average Bonchev–Trinajstić information content (AvgIpc) is 2.97. The van der Waals surface area contributed by atoms with Crippen molar-refractivity contribution in [3.63, 3.8) is 0 Å². The number of H-pyrrole nitrogens is 1. The molecule has 1 aromatic carbocycles. The molecule has 3 aromatic rings. The van der Waals surface area contributed by atoms with E-state index >= 15 is 0 Å². The van der Waals surface area contributed by atoms with E-state index in [1.54, 1.807) is 18.4 Å². The van der Waals surface area contributed by atoms with Crippen LogP contribution >= 0.6 is 12.2 Å². The highest BCUT2D eigenvalue weighted by molar-refractivity contribution is 7.81. The summed E-state index contributed by atoms with van der Waals surface area (Å²) in [5, 5.41) is 3.00. The zero-order chi connectivity index (χ0) is 11.7. The molecule has 0 fully saturated rings. The van der Waals surface area contributed by atoms with Gasteiger partial charge in [0.1, 0.15) is 4.99 Å². The maximum atomic E-state index is 5.20. The lowest BCUT2D eigenvalue weighted by Gasteiger charge is -2.00. The second-order valence-electron chi connectivity index (χ2n) is 3.53. The van der Waals surface area contributed by atoms with Crippen molar-refractivity contribution in [1.82, 2.24) is 9.97 Å². The number of hydrogen-bond acceptors (Lipinski definition) is 3. The molecule has 0 bridgehead atoms. The quantitative estimate of drug-likeness (QED) is 0.679. The summed E-state index contributed by atoms with van der Waals surface area (Å²) in [4.78, 5) is 8.01. The minimum absolute atomic E-state index is 0.508. The van der Waals surface area contributed by atoms with Crippen molar-refractivity contribution in [3.8, 4) is 0 Å². The Balaban J connectivity index is 1.88. The van der Waals surface area contributed by atoms with Crippen molar-refractivity contribution in [2.45, 2.75) is 0 Å². The summed E-state index contributed by atoms with van der Waals surface area (Å²) in [5.74, 6) is 1.24. The third kappa shape index (κ3) is 1.92. The van der Waals surface area contributed by atoms with Crippen LogP contribution in [0.1, 0.15) is 5.76 Å². The number of rotatable bonds is 2. The second-order valence-corrected chi connectivity index (χ2v) is 3.94. The normalized spacial score (nSPS) is 10.6. The number of aromatic amines is 1. The predicted molar refractivity (Wildman–Crippen MR) is 70.1 cm³/mol. The molecular weight excluding hydrogens is 234 g/mol. The van der Waals surface area contributed by atoms with E-state index in [9.17, 15) is 0 Å². The summed E-state index contributed by atoms with van der Waals surface area (Å²) in [5.41, 5.74) is 1.87. The Morgan fingerprint density at radius 1 is 1.24 bits per heavy atom. The van der Waals surface area contributed by atoms with Crippen molar-refractivity contribution < 1.29 is 4.42 Å². The van der Waals surface area contributed by atoms with Crippen molar-refractivity contribution >= 4 is 34.2 Å². The van der Waals surface area contributed by atoms with E-state index in [1.807, 2.05) is 24.3 Å². The van der Waals surface area contributed by atoms with Gasteiger partial charge in [0.05, 0.1) is 17.3 Å². The number of fused-ring (bicyclic) bond motifs is 1. The van der Waals surface area contributed by atoms with Crippen molar-refractivity contribution in [1.29, 1.82) is 0 Å². The van der Waals surface area contributed by atoms with Crippen LogP contribution in [-0.4, -0.2) is 15.0 Å². The van der Waals surface area contributed by atoms with Gasteiger partial charge in [0.2, 0.25) is 5.95 Å². The van der Waals surface area contributed by atoms with Gasteiger partial charge >= 0.3 is 0 Å². The van der Waals surface area contributed by atoms with Crippen LogP contribution in [0.25, 0.3) is 11.0 Å². The van der Waals surface area contributed by atoms with Crippen LogP contribution in [0.5, 0.6) is 0 Å². The Morgan fingerprint density at radius 2 is 2.12 bits per heavy atom. The van der Waals surface area contributed by atoms with Gasteiger partial charge in [-0.15, -0.1) is 0 Å². The summed E-state index contributed by atoms with van der Waals surface area (Å²) in [7, 11) is 0. The highest BCUT2D eigenvalue weighted by atomic mass is 32.1. The van der Waals surface area contributed by atoms with Crippen LogP contribution in [0.3, 0.4) is 0 Å². The number of anilines is 1. The molecule has 17 heavy (non-hydrogen) atoms. The predicted octanol–water partition coefficient (Wildman–Crippen LogP) is 2.94. The van der Waals surface area contributed by atoms with E-state index in [-0.39, 0.29) is 0 Å². The van der Waals surface area contributed by atoms with Gasteiger partial charge < -0.3 is 14.7 Å². The van der Waals surface area contributed by atoms with Gasteiger partial charge in [0.15, 0.2) is 5.76 Å². The third-order valence-electron chi connectivity index (χ3n) is 2.37. The SMILES string of the molecule is S=C(Nc1nc2ccccc2[nH]1)c1ccco1. The molecule has 0 spiro atoms. The van der Waals surface area contributed by atoms with Gasteiger partial charge in [-0.1, -0.05) is 24.4 Å². The van der Waals surface area contributed by atoms with E-state index in [1.165, 1.54) is 0 Å². The fourth-order valence-electron chi connectivity index (χ4n) is 1.59. The number of hydrogen-bond donors (Lipinski definition) is 2. The van der Waals surface area contributed by atoms with E-state index in [0.717, 1.165) is 11.0 Å². The van der Waals surface area contributed by atoms with Crippen molar-refractivity contribution in [2.24, 2.45) is 0 Å². The zero-order valence-electron chi connectivity index (χ0n) is 8.81. The van der Waals surface area contributed by atoms with Crippen molar-refractivity contribution in [3.05, 3.63) is 48.4 Å². The minimum atomic E-state index is 0.508. The third-order valence-corrected chi connectivity index (χ3v) is 2.67. The summed E-state index contributed by atoms with van der Waals surface area (Å²) >= 11 is 5.20. The number of thiocarbonyl (C=S) groups is 1. The Bertz CT molecular complexity index is 624. The van der Waals surface area contributed by atoms with Crippen molar-refractivity contribution in [2.75, 3.05) is 5.32 Å². The molecule has 3 rings (SSSR count). The second kappa shape index (κ2) is 4.03. The van der Waals surface area contributed by atoms with Gasteiger partial charge in [-0.2, -0.15) is 0 Å². The van der Waals surface area contributed by atoms with Crippen LogP contribution in [0.15, 0.2) is 47.1 Å². The molecule has 2 aromatic heterocycles. The van der Waals surface area contributed by atoms with Gasteiger partial charge in [-0.25, -0.2) is 4.98 Å². The van der Waals surface area contributed by atoms with Crippen LogP contribution in [0.2, 0.25) is 0 Å². The molecule has 2 heterocycles. The minimum Gasteiger partial charge on any atom is -0.462 e. The number of benzene rings is 1. The Morgan fingerprint density at radius 3 is 2.88 bits per heavy atom. The molecule has 2 N–H and O–H groups in total. The number of para-hydroxylation sites is 2. The molecule has 0 aliphatic carbocycles. The lowest BCUT2D eigenvalue weighted by atomic mass is 10.3. The monoisotopic (exact) mass is 243 g/mol. The van der Waals surface area contributed by atoms with Crippen LogP contribution in [0, 0.1) is 0 Å². The van der Waals surface area contributed by atoms with E-state index in [0.29, 0.717) is 16.7 Å². The smallest absolute Gasteiger partial charge is 0.206 e. The summed E-state index contributed by atoms with van der Waals surface area (Å²) in [6.07, 6.45) is 1.59. The first-order valence-corrected chi connectivity index (χ1v) is 5.53. The fourth-order valence-corrected chi connectivity index (χ4v) is 1.80. The first-order chi connectivity index (χ1) is 8.33. The van der Waals surface area contributed by atoms with Gasteiger partial charge in [0, 0.05) is 0 Å². The van der Waals surface area contributed by atoms with E-state index in [2.05, 4.69) is 15.3 Å². The summed E-state index contributed by atoms with van der Waals surface area (Å²) < 4.78 is 5.20. The number of furan rings is 1. The molecule has 84 valence electrons. The standard InChI is InChI=1S/C12H9N3OS/c17-11(10-6-3-7-16-10)15-12-13-8-4-1-2-5-9(8)14-12/h1-7H,(H2,13,14,15,17). The molecule has 5 heteroatoms. The Hall–Kier alpha value is -2.14. The van der Waals surface area contributed by atoms with Gasteiger partial charge in [-0.3, -0.25) is 0 Å². The number of aromatic nitrogens is 2. The molecule has 0 aliphatic heterocycles. The highest BCUT2D eigenvalue weighted by Gasteiger charge is 2.07. The van der Waals surface area contributed by atoms with E-state index in [4.69, 9.17) is 16.6 Å². The topological polar surface area (TPSA) is 53.9 Å². The molecule has 0 atom stereocenters. The number of nitrogens with one attached hydrogen (secondary N) is 2. The maximum Gasteiger partial charge on any atom is 0.206 e. The zero-order valence-corrected chi connectivity index (χ0v) is 9.62. The molecule has 0 saturated heterocycles. The molecule has 0 aliphatic rings. The van der Waals surface area contributed by atoms with Gasteiger partial charge in [0.25, 0.3) is 0 Å². The largest absolute Gasteiger partial charge is 0.462 e. The molecule has 0 saturated carbocycles. The number of imidazole rings is 1. The van der Waals surface area contributed by atoms with Crippen LogP contribution in [-0.2, 0) is 0 Å². The average molecular weight is 243 g/mol. The van der Waals surface area contributed by atoms with Gasteiger partial charge in [-0.05, 0) is 24.3 Å². The number of nitrogens with zero attached hydrogens (tertiary/aromatic N) is 1. The Labute approximate surface area is 103 Å². The molecule has 0 radical (unpaired) electrons. The lowest BCUT2D eigenvalue weighted by Crippen LogP contribution is -2.10. The fraction of sp³-hybridized carbons (Fsp3) is 0. The first-order valence-electron chi connectivity index (χ1n) is 5.12. The summed E-state index contributed by atoms with van der Waals surface area (Å²) in [6.45, 7) is 0. The molecular formula is C12H9N3OS. The van der Waals surface area contributed by atoms with E-state index < -0.39 is 0 Å². The summed E-state index contributed by atoms with van der Waals surface area (Å²) in [6, 6.07) is 11.4. The van der Waals surface area contributed by atoms with Crippen LogP contribution in [0.4, 0.5) is 5.95 Å². The lowest BCUT2D eigenvalue weighted by molar-refractivity contribution is 0.559. The maximum absolute atomic E-state index is 5.20. The first kappa shape index (κ1) is 10.0. The Kier molecular flexibility index (Phi) is 2.38. The molecule has 0 amide bonds.